The zero-order valence-corrected chi connectivity index (χ0v) is 12.4. The van der Waals surface area contributed by atoms with Crippen LogP contribution in [0.5, 0.6) is 0 Å². The number of hydrogen-bond donors (Lipinski definition) is 1. The lowest BCUT2D eigenvalue weighted by molar-refractivity contribution is -0.141. The van der Waals surface area contributed by atoms with Crippen LogP contribution >= 0.6 is 0 Å². The Labute approximate surface area is 134 Å². The Kier molecular flexibility index (Phi) is 4.24. The number of carboxylic acids is 1. The van der Waals surface area contributed by atoms with E-state index in [0.29, 0.717) is 30.5 Å². The maximum Gasteiger partial charge on any atom is 0.326 e. The number of amides is 1. The largest absolute Gasteiger partial charge is 0.480 e. The molecule has 0 saturated carbocycles. The van der Waals surface area contributed by atoms with Crippen LogP contribution in [-0.2, 0) is 4.79 Å². The highest BCUT2D eigenvalue weighted by Crippen LogP contribution is 2.24. The minimum atomic E-state index is -2.85. The first-order valence-corrected chi connectivity index (χ1v) is 7.23. The van der Waals surface area contributed by atoms with E-state index in [0.717, 1.165) is 0 Å². The van der Waals surface area contributed by atoms with E-state index in [2.05, 4.69) is 14.7 Å². The molecule has 7 nitrogen and oxygen atoms in total. The van der Waals surface area contributed by atoms with Gasteiger partial charge in [0.25, 0.3) is 11.8 Å². The molecule has 0 spiro atoms. The van der Waals surface area contributed by atoms with Gasteiger partial charge < -0.3 is 14.5 Å². The number of aliphatic carboxylic acids is 1. The molecule has 0 radical (unpaired) electrons. The van der Waals surface area contributed by atoms with Gasteiger partial charge in [-0.05, 0) is 25.0 Å². The third-order valence-electron chi connectivity index (χ3n) is 3.82. The highest BCUT2D eigenvalue weighted by molar-refractivity contribution is 5.97. The van der Waals surface area contributed by atoms with Gasteiger partial charge in [-0.1, -0.05) is 17.3 Å². The second-order valence-corrected chi connectivity index (χ2v) is 5.33. The third kappa shape index (κ3) is 2.97. The molecule has 24 heavy (non-hydrogen) atoms. The predicted molar refractivity (Wildman–Crippen MR) is 76.4 cm³/mol. The molecule has 2 heterocycles. The van der Waals surface area contributed by atoms with Gasteiger partial charge in [-0.3, -0.25) is 4.79 Å². The molecule has 1 amide bonds. The lowest BCUT2D eigenvalue weighted by Gasteiger charge is -2.21. The fourth-order valence-electron chi connectivity index (χ4n) is 2.64. The quantitative estimate of drug-likeness (QED) is 0.920. The van der Waals surface area contributed by atoms with Crippen LogP contribution in [0.4, 0.5) is 8.78 Å². The highest BCUT2D eigenvalue weighted by Gasteiger charge is 2.34. The summed E-state index contributed by atoms with van der Waals surface area (Å²) in [6.45, 7) is 0.389. The van der Waals surface area contributed by atoms with E-state index in [9.17, 15) is 18.4 Å². The predicted octanol–water partition coefficient (Wildman–Crippen LogP) is 2.36. The molecule has 0 unspecified atom stereocenters. The average molecular weight is 337 g/mol. The average Bonchev–Trinajstić information content (AvgIpc) is 3.23. The number of carbonyl (C=O) groups is 2. The molecule has 1 aliphatic rings. The highest BCUT2D eigenvalue weighted by atomic mass is 19.3. The molecule has 1 N–H and O–H groups in total. The van der Waals surface area contributed by atoms with Crippen LogP contribution in [0.25, 0.3) is 11.4 Å². The van der Waals surface area contributed by atoms with Gasteiger partial charge in [0.15, 0.2) is 0 Å². The van der Waals surface area contributed by atoms with Crippen LogP contribution in [-0.4, -0.2) is 44.6 Å². The molecule has 3 rings (SSSR count). The maximum absolute atomic E-state index is 12.4. The number of likely N-dealkylation sites (tertiary alicyclic amines) is 1. The summed E-state index contributed by atoms with van der Waals surface area (Å²) < 4.78 is 29.3. The summed E-state index contributed by atoms with van der Waals surface area (Å²) in [4.78, 5) is 28.5. The lowest BCUT2D eigenvalue weighted by atomic mass is 10.1. The Balaban J connectivity index is 1.78. The zero-order valence-electron chi connectivity index (χ0n) is 12.4. The molecule has 9 heteroatoms. The van der Waals surface area contributed by atoms with Crippen LogP contribution in [0.3, 0.4) is 0 Å². The SMILES string of the molecule is O=C(O)[C@H]1CCCN1C(=O)c1ccc(-c2noc(C(F)F)n2)cc1. The van der Waals surface area contributed by atoms with E-state index in [-0.39, 0.29) is 11.7 Å². The summed E-state index contributed by atoms with van der Waals surface area (Å²) >= 11 is 0. The molecule has 2 aromatic rings. The van der Waals surface area contributed by atoms with Gasteiger partial charge in [0.2, 0.25) is 5.82 Å². The van der Waals surface area contributed by atoms with Crippen LogP contribution in [0.2, 0.25) is 0 Å². The van der Waals surface area contributed by atoms with Crippen LogP contribution in [0.1, 0.15) is 35.5 Å². The first kappa shape index (κ1) is 16.0. The van der Waals surface area contributed by atoms with Gasteiger partial charge in [-0.15, -0.1) is 0 Å². The summed E-state index contributed by atoms with van der Waals surface area (Å²) in [5.74, 6) is -2.18. The fraction of sp³-hybridized carbons (Fsp3) is 0.333. The first-order chi connectivity index (χ1) is 11.5. The molecule has 1 aromatic carbocycles. The summed E-state index contributed by atoms with van der Waals surface area (Å²) in [6, 6.07) is 5.14. The van der Waals surface area contributed by atoms with E-state index < -0.39 is 24.3 Å². The topological polar surface area (TPSA) is 96.5 Å². The second kappa shape index (κ2) is 6.34. The standard InChI is InChI=1S/C15H13F2N3O4/c16-11(17)13-18-12(19-24-13)8-3-5-9(6-4-8)14(21)20-7-1-2-10(20)15(22)23/h3-6,10-11H,1-2,7H2,(H,22,23)/t10-/m1/s1. The van der Waals surface area contributed by atoms with Crippen molar-refractivity contribution in [2.75, 3.05) is 6.54 Å². The summed E-state index contributed by atoms with van der Waals surface area (Å²) in [7, 11) is 0. The number of alkyl halides is 2. The third-order valence-corrected chi connectivity index (χ3v) is 3.82. The van der Waals surface area contributed by atoms with E-state index in [1.165, 1.54) is 29.2 Å². The Morgan fingerprint density at radius 2 is 2.00 bits per heavy atom. The normalized spacial score (nSPS) is 17.5. The molecular formula is C15H13F2N3O4. The van der Waals surface area contributed by atoms with Crippen LogP contribution in [0, 0.1) is 0 Å². The van der Waals surface area contributed by atoms with Crippen molar-refractivity contribution in [1.29, 1.82) is 0 Å². The molecule has 126 valence electrons. The van der Waals surface area contributed by atoms with Gasteiger partial charge in [0.05, 0.1) is 0 Å². The summed E-state index contributed by atoms with van der Waals surface area (Å²) in [5, 5.41) is 12.6. The van der Waals surface area contributed by atoms with E-state index in [1.54, 1.807) is 0 Å². The van der Waals surface area contributed by atoms with Crippen LogP contribution < -0.4 is 0 Å². The minimum Gasteiger partial charge on any atom is -0.480 e. The van der Waals surface area contributed by atoms with Crippen LogP contribution in [0.15, 0.2) is 28.8 Å². The van der Waals surface area contributed by atoms with Crippen molar-refractivity contribution < 1.29 is 28.0 Å². The molecule has 0 bridgehead atoms. The van der Waals surface area contributed by atoms with Crippen molar-refractivity contribution >= 4 is 11.9 Å². The number of halogens is 2. The fourth-order valence-corrected chi connectivity index (χ4v) is 2.64. The van der Waals surface area contributed by atoms with E-state index in [4.69, 9.17) is 5.11 Å². The number of benzene rings is 1. The number of carbonyl (C=O) groups excluding carboxylic acids is 1. The lowest BCUT2D eigenvalue weighted by Crippen LogP contribution is -2.40. The van der Waals surface area contributed by atoms with Gasteiger partial charge in [-0.2, -0.15) is 13.8 Å². The molecule has 1 atom stereocenters. The second-order valence-electron chi connectivity index (χ2n) is 5.33. The van der Waals surface area contributed by atoms with Gasteiger partial charge in [0.1, 0.15) is 6.04 Å². The van der Waals surface area contributed by atoms with Gasteiger partial charge in [-0.25, -0.2) is 4.79 Å². The maximum atomic E-state index is 12.4. The monoisotopic (exact) mass is 337 g/mol. The van der Waals surface area contributed by atoms with Crippen molar-refractivity contribution in [2.24, 2.45) is 0 Å². The molecular weight excluding hydrogens is 324 g/mol. The van der Waals surface area contributed by atoms with Crippen molar-refractivity contribution in [1.82, 2.24) is 15.0 Å². The molecule has 1 aliphatic heterocycles. The smallest absolute Gasteiger partial charge is 0.326 e. The van der Waals surface area contributed by atoms with Gasteiger partial charge in [0, 0.05) is 17.7 Å². The molecule has 1 saturated heterocycles. The van der Waals surface area contributed by atoms with Crippen molar-refractivity contribution in [3.05, 3.63) is 35.7 Å². The van der Waals surface area contributed by atoms with Crippen molar-refractivity contribution in [3.63, 3.8) is 0 Å². The number of rotatable bonds is 4. The van der Waals surface area contributed by atoms with E-state index >= 15 is 0 Å². The Morgan fingerprint density at radius 1 is 1.29 bits per heavy atom. The molecule has 1 aromatic heterocycles. The van der Waals surface area contributed by atoms with Crippen molar-refractivity contribution in [2.45, 2.75) is 25.3 Å². The molecule has 0 aliphatic carbocycles. The Bertz CT molecular complexity index is 760. The van der Waals surface area contributed by atoms with Gasteiger partial charge >= 0.3 is 12.4 Å². The first-order valence-electron chi connectivity index (χ1n) is 7.23. The number of hydrogen-bond acceptors (Lipinski definition) is 5. The zero-order chi connectivity index (χ0) is 17.3. The summed E-state index contributed by atoms with van der Waals surface area (Å²) in [6.07, 6.45) is -1.78. The van der Waals surface area contributed by atoms with Crippen molar-refractivity contribution in [3.8, 4) is 11.4 Å². The Morgan fingerprint density at radius 3 is 2.58 bits per heavy atom. The molecule has 1 fully saturated rings. The Hall–Kier alpha value is -2.84. The summed E-state index contributed by atoms with van der Waals surface area (Å²) in [5.41, 5.74) is 0.725. The number of aromatic nitrogens is 2. The number of nitrogens with zero attached hydrogens (tertiary/aromatic N) is 3. The minimum absolute atomic E-state index is 0.00566. The number of carboxylic acid groups (broad SMARTS) is 1. The van der Waals surface area contributed by atoms with E-state index in [1.807, 2.05) is 0 Å².